The fourth-order valence-corrected chi connectivity index (χ4v) is 5.56. The first-order chi connectivity index (χ1) is 15.8. The number of sulfonamides is 1. The average Bonchev–Trinajstić information content (AvgIpc) is 3.14. The third-order valence-electron chi connectivity index (χ3n) is 4.63. The summed E-state index contributed by atoms with van der Waals surface area (Å²) in [5, 5.41) is 9.56. The number of carbonyl (C=O) groups is 1. The number of rotatable bonds is 10. The minimum Gasteiger partial charge on any atom is -0.324 e. The molecule has 2 N–H and O–H groups in total. The second kappa shape index (κ2) is 10.9. The lowest BCUT2D eigenvalue weighted by molar-refractivity contribution is -0.113. The van der Waals surface area contributed by atoms with Gasteiger partial charge in [0, 0.05) is 13.1 Å². The van der Waals surface area contributed by atoms with E-state index in [1.165, 1.54) is 27.1 Å². The Kier molecular flexibility index (Phi) is 8.22. The molecular weight excluding hydrogens is 486 g/mol. The third-order valence-corrected chi connectivity index (χ3v) is 7.84. The van der Waals surface area contributed by atoms with Gasteiger partial charge in [-0.25, -0.2) is 18.3 Å². The van der Waals surface area contributed by atoms with Crippen LogP contribution in [-0.4, -0.2) is 41.4 Å². The molecule has 0 saturated heterocycles. The Labute approximate surface area is 201 Å². The van der Waals surface area contributed by atoms with E-state index >= 15 is 0 Å². The van der Waals surface area contributed by atoms with Crippen LogP contribution in [0.2, 0.25) is 5.02 Å². The Bertz CT molecular complexity index is 1280. The van der Waals surface area contributed by atoms with Gasteiger partial charge in [-0.3, -0.25) is 13.7 Å². The van der Waals surface area contributed by atoms with Crippen molar-refractivity contribution in [2.24, 2.45) is 0 Å². The summed E-state index contributed by atoms with van der Waals surface area (Å²) < 4.78 is 29.2. The number of amides is 1. The Morgan fingerprint density at radius 3 is 2.61 bits per heavy atom. The number of aromatic amines is 1. The van der Waals surface area contributed by atoms with Crippen molar-refractivity contribution in [1.29, 1.82) is 0 Å². The van der Waals surface area contributed by atoms with Gasteiger partial charge in [-0.1, -0.05) is 48.5 Å². The lowest BCUT2D eigenvalue weighted by Gasteiger charge is -2.23. The van der Waals surface area contributed by atoms with E-state index in [0.29, 0.717) is 17.4 Å². The summed E-state index contributed by atoms with van der Waals surface area (Å²) in [5.74, 6) is -0.447. The molecule has 1 amide bonds. The van der Waals surface area contributed by atoms with Crippen LogP contribution in [0.1, 0.15) is 20.3 Å². The molecule has 3 aromatic rings. The van der Waals surface area contributed by atoms with Crippen LogP contribution in [0.15, 0.2) is 63.4 Å². The van der Waals surface area contributed by atoms with Crippen molar-refractivity contribution in [2.45, 2.75) is 36.9 Å². The van der Waals surface area contributed by atoms with Crippen LogP contribution in [0, 0.1) is 0 Å². The number of aromatic nitrogens is 3. The summed E-state index contributed by atoms with van der Waals surface area (Å²) in [6.07, 6.45) is 0.744. The first-order valence-electron chi connectivity index (χ1n) is 10.2. The number of H-pyrrole nitrogens is 1. The van der Waals surface area contributed by atoms with Crippen LogP contribution < -0.4 is 15.3 Å². The number of para-hydroxylation sites is 1. The molecule has 0 fully saturated rings. The zero-order chi connectivity index (χ0) is 24.0. The molecule has 0 spiro atoms. The van der Waals surface area contributed by atoms with Crippen molar-refractivity contribution in [1.82, 2.24) is 14.8 Å². The zero-order valence-electron chi connectivity index (χ0n) is 18.1. The Hall–Kier alpha value is -2.76. The van der Waals surface area contributed by atoms with E-state index < -0.39 is 15.9 Å². The largest absolute Gasteiger partial charge is 0.343 e. The van der Waals surface area contributed by atoms with Crippen molar-refractivity contribution < 1.29 is 13.2 Å². The van der Waals surface area contributed by atoms with Gasteiger partial charge in [0.1, 0.15) is 0 Å². The molecule has 176 valence electrons. The van der Waals surface area contributed by atoms with Gasteiger partial charge in [-0.15, -0.1) is 5.10 Å². The Morgan fingerprint density at radius 2 is 1.94 bits per heavy atom. The van der Waals surface area contributed by atoms with Crippen LogP contribution in [0.5, 0.6) is 0 Å². The Balaban J connectivity index is 1.77. The van der Waals surface area contributed by atoms with Crippen molar-refractivity contribution in [3.63, 3.8) is 0 Å². The molecular formula is C21H24ClN5O4S2. The van der Waals surface area contributed by atoms with E-state index in [1.807, 2.05) is 13.0 Å². The molecule has 0 atom stereocenters. The van der Waals surface area contributed by atoms with Crippen LogP contribution >= 0.6 is 23.4 Å². The number of anilines is 2. The molecule has 0 radical (unpaired) electrons. The molecule has 1 heterocycles. The standard InChI is InChI=1S/C21H24ClN5O4S2/c1-3-12-26-20(29)24-25-21(26)32-14-19(28)23-18-13-16(10-11-17(18)22)33(30,31)27(4-2)15-8-6-5-7-9-15/h5-11,13H,3-4,12,14H2,1-2H3,(H,23,28)(H,24,29). The summed E-state index contributed by atoms with van der Waals surface area (Å²) in [5.41, 5.74) is 0.383. The summed E-state index contributed by atoms with van der Waals surface area (Å²) in [6.45, 7) is 4.39. The maximum absolute atomic E-state index is 13.2. The van der Waals surface area contributed by atoms with Crippen LogP contribution in [0.4, 0.5) is 11.4 Å². The fraction of sp³-hybridized carbons (Fsp3) is 0.286. The fourth-order valence-electron chi connectivity index (χ4n) is 3.12. The van der Waals surface area contributed by atoms with Gasteiger partial charge in [-0.2, -0.15) is 0 Å². The van der Waals surface area contributed by atoms with Gasteiger partial charge in [0.25, 0.3) is 10.0 Å². The lowest BCUT2D eigenvalue weighted by atomic mass is 10.3. The average molecular weight is 510 g/mol. The molecule has 1 aromatic heterocycles. The molecule has 2 aromatic carbocycles. The van der Waals surface area contributed by atoms with Crippen molar-refractivity contribution in [3.8, 4) is 0 Å². The van der Waals surface area contributed by atoms with Gasteiger partial charge in [0.05, 0.1) is 27.0 Å². The number of benzene rings is 2. The summed E-state index contributed by atoms with van der Waals surface area (Å²) in [6, 6.07) is 12.9. The smallest absolute Gasteiger partial charge is 0.324 e. The number of halogens is 1. The highest BCUT2D eigenvalue weighted by Crippen LogP contribution is 2.29. The van der Waals surface area contributed by atoms with Gasteiger partial charge in [0.2, 0.25) is 5.91 Å². The second-order valence-corrected chi connectivity index (χ2v) is 10.2. The maximum atomic E-state index is 13.2. The van der Waals surface area contributed by atoms with E-state index in [-0.39, 0.29) is 33.6 Å². The summed E-state index contributed by atoms with van der Waals surface area (Å²) in [4.78, 5) is 24.3. The van der Waals surface area contributed by atoms with Gasteiger partial charge >= 0.3 is 5.69 Å². The van der Waals surface area contributed by atoms with Crippen LogP contribution in [-0.2, 0) is 21.4 Å². The minimum absolute atomic E-state index is 0.00430. The molecule has 0 aliphatic carbocycles. The predicted octanol–water partition coefficient (Wildman–Crippen LogP) is 3.58. The van der Waals surface area contributed by atoms with Crippen molar-refractivity contribution >= 4 is 50.7 Å². The number of nitrogens with one attached hydrogen (secondary N) is 2. The van der Waals surface area contributed by atoms with Crippen LogP contribution in [0.25, 0.3) is 0 Å². The second-order valence-electron chi connectivity index (χ2n) is 6.95. The highest BCUT2D eigenvalue weighted by molar-refractivity contribution is 7.99. The normalized spacial score (nSPS) is 11.4. The van der Waals surface area contributed by atoms with Gasteiger partial charge < -0.3 is 5.32 Å². The SMILES string of the molecule is CCCn1c(SCC(=O)Nc2cc(S(=O)(=O)N(CC)c3ccccc3)ccc2Cl)n[nH]c1=O. The first kappa shape index (κ1) is 24.9. The van der Waals surface area contributed by atoms with Crippen molar-refractivity contribution in [3.05, 3.63) is 64.0 Å². The van der Waals surface area contributed by atoms with Crippen molar-refractivity contribution in [2.75, 3.05) is 21.9 Å². The molecule has 0 aliphatic heterocycles. The summed E-state index contributed by atoms with van der Waals surface area (Å²) in [7, 11) is -3.88. The molecule has 33 heavy (non-hydrogen) atoms. The molecule has 12 heteroatoms. The first-order valence-corrected chi connectivity index (χ1v) is 13.0. The predicted molar refractivity (Wildman–Crippen MR) is 131 cm³/mol. The third kappa shape index (κ3) is 5.79. The molecule has 0 bridgehead atoms. The molecule has 0 saturated carbocycles. The number of carbonyl (C=O) groups excluding carboxylic acids is 1. The molecule has 0 unspecified atom stereocenters. The summed E-state index contributed by atoms with van der Waals surface area (Å²) >= 11 is 7.31. The van der Waals surface area contributed by atoms with E-state index in [9.17, 15) is 18.0 Å². The number of thioether (sulfide) groups is 1. The maximum Gasteiger partial charge on any atom is 0.343 e. The molecule has 0 aliphatic rings. The lowest BCUT2D eigenvalue weighted by Crippen LogP contribution is -2.30. The Morgan fingerprint density at radius 1 is 1.21 bits per heavy atom. The zero-order valence-corrected chi connectivity index (χ0v) is 20.5. The topological polar surface area (TPSA) is 117 Å². The molecule has 3 rings (SSSR count). The number of hydrogen-bond donors (Lipinski definition) is 2. The number of hydrogen-bond acceptors (Lipinski definition) is 6. The molecule has 9 nitrogen and oxygen atoms in total. The van der Waals surface area contributed by atoms with E-state index in [4.69, 9.17) is 11.6 Å². The monoisotopic (exact) mass is 509 g/mol. The minimum atomic E-state index is -3.88. The highest BCUT2D eigenvalue weighted by atomic mass is 35.5. The van der Waals surface area contributed by atoms with E-state index in [0.717, 1.165) is 18.2 Å². The highest BCUT2D eigenvalue weighted by Gasteiger charge is 2.24. The van der Waals surface area contributed by atoms with Crippen LogP contribution in [0.3, 0.4) is 0 Å². The van der Waals surface area contributed by atoms with Gasteiger partial charge in [-0.05, 0) is 43.7 Å². The van der Waals surface area contributed by atoms with Gasteiger partial charge in [0.15, 0.2) is 5.16 Å². The quantitative estimate of drug-likeness (QED) is 0.403. The van der Waals surface area contributed by atoms with E-state index in [1.54, 1.807) is 31.2 Å². The number of nitrogens with zero attached hydrogens (tertiary/aromatic N) is 3. The van der Waals surface area contributed by atoms with E-state index in [2.05, 4.69) is 15.5 Å².